The minimum absolute atomic E-state index is 0.0571. The molecule has 0 aliphatic heterocycles. The average Bonchev–Trinajstić information content (AvgIpc) is 2.17. The molecular formula is C12H19ClN2O. The first-order valence-electron chi connectivity index (χ1n) is 5.47. The van der Waals surface area contributed by atoms with Gasteiger partial charge < -0.3 is 4.74 Å². The summed E-state index contributed by atoms with van der Waals surface area (Å²) < 4.78 is 5.40. The lowest BCUT2D eigenvalue weighted by atomic mass is 10.1. The number of hydrogen-bond donors (Lipinski definition) is 0. The molecule has 2 unspecified atom stereocenters. The molecule has 0 amide bonds. The Morgan fingerprint density at radius 3 is 2.31 bits per heavy atom. The fraction of sp³-hybridized carbons (Fsp3) is 0.667. The molecule has 90 valence electrons. The maximum Gasteiger partial charge on any atom is 0.157 e. The van der Waals surface area contributed by atoms with Gasteiger partial charge in [0.25, 0.3) is 0 Å². The Morgan fingerprint density at radius 2 is 1.94 bits per heavy atom. The van der Waals surface area contributed by atoms with Crippen LogP contribution in [0.25, 0.3) is 0 Å². The smallest absolute Gasteiger partial charge is 0.157 e. The van der Waals surface area contributed by atoms with E-state index in [4.69, 9.17) is 16.3 Å². The van der Waals surface area contributed by atoms with Crippen LogP contribution >= 0.6 is 11.6 Å². The Balaban J connectivity index is 3.04. The van der Waals surface area contributed by atoms with Gasteiger partial charge in [-0.2, -0.15) is 0 Å². The van der Waals surface area contributed by atoms with Crippen molar-refractivity contribution in [1.29, 1.82) is 0 Å². The van der Waals surface area contributed by atoms with Crippen LogP contribution in [0.3, 0.4) is 0 Å². The number of rotatable bonds is 4. The molecule has 16 heavy (non-hydrogen) atoms. The van der Waals surface area contributed by atoms with Crippen molar-refractivity contribution in [3.8, 4) is 0 Å². The summed E-state index contributed by atoms with van der Waals surface area (Å²) in [4.78, 5) is 8.80. The first kappa shape index (κ1) is 13.4. The minimum Gasteiger partial charge on any atom is -0.373 e. The highest BCUT2D eigenvalue weighted by Crippen LogP contribution is 2.25. The molecular weight excluding hydrogens is 224 g/mol. The van der Waals surface area contributed by atoms with Crippen molar-refractivity contribution in [2.45, 2.75) is 39.2 Å². The first-order valence-corrected chi connectivity index (χ1v) is 5.91. The maximum absolute atomic E-state index is 6.03. The van der Waals surface area contributed by atoms with Crippen LogP contribution in [0.1, 0.15) is 49.3 Å². The summed E-state index contributed by atoms with van der Waals surface area (Å²) in [6, 6.07) is 0. The van der Waals surface area contributed by atoms with Gasteiger partial charge in [0, 0.05) is 24.6 Å². The second-order valence-corrected chi connectivity index (χ2v) is 4.94. The molecule has 1 aromatic heterocycles. The summed E-state index contributed by atoms with van der Waals surface area (Å²) in [5.74, 6) is 1.08. The molecule has 0 saturated carbocycles. The number of aromatic nitrogens is 2. The van der Waals surface area contributed by atoms with Crippen molar-refractivity contribution in [2.75, 3.05) is 7.11 Å². The van der Waals surface area contributed by atoms with Gasteiger partial charge in [-0.15, -0.1) is 11.6 Å². The molecule has 0 N–H and O–H groups in total. The molecule has 3 nitrogen and oxygen atoms in total. The van der Waals surface area contributed by atoms with Crippen LogP contribution in [0.2, 0.25) is 0 Å². The van der Waals surface area contributed by atoms with E-state index >= 15 is 0 Å². The van der Waals surface area contributed by atoms with Crippen LogP contribution in [-0.4, -0.2) is 17.1 Å². The molecule has 1 heterocycles. The molecule has 2 atom stereocenters. The minimum atomic E-state index is -0.0610. The Labute approximate surface area is 102 Å². The van der Waals surface area contributed by atoms with Crippen LogP contribution < -0.4 is 0 Å². The van der Waals surface area contributed by atoms with Crippen LogP contribution in [0.5, 0.6) is 0 Å². The van der Waals surface area contributed by atoms with E-state index in [0.717, 1.165) is 17.1 Å². The number of ether oxygens (including phenoxy) is 1. The lowest BCUT2D eigenvalue weighted by molar-refractivity contribution is 0.0573. The Morgan fingerprint density at radius 1 is 1.31 bits per heavy atom. The molecule has 1 rings (SSSR count). The number of halogens is 1. The Kier molecular flexibility index (Phi) is 4.69. The van der Waals surface area contributed by atoms with E-state index in [1.54, 1.807) is 13.3 Å². The third kappa shape index (κ3) is 2.92. The van der Waals surface area contributed by atoms with Crippen molar-refractivity contribution in [3.05, 3.63) is 23.3 Å². The molecule has 0 radical (unpaired) electrons. The third-order valence-electron chi connectivity index (χ3n) is 2.58. The largest absolute Gasteiger partial charge is 0.373 e. The summed E-state index contributed by atoms with van der Waals surface area (Å²) in [5, 5.41) is -0.0610. The zero-order valence-corrected chi connectivity index (χ0v) is 11.2. The van der Waals surface area contributed by atoms with E-state index in [1.807, 2.05) is 13.8 Å². The van der Waals surface area contributed by atoms with Crippen molar-refractivity contribution in [1.82, 2.24) is 9.97 Å². The predicted molar refractivity (Wildman–Crippen MR) is 65.6 cm³/mol. The molecule has 0 fully saturated rings. The second kappa shape index (κ2) is 5.60. The average molecular weight is 243 g/mol. The molecule has 0 saturated heterocycles. The zero-order valence-electron chi connectivity index (χ0n) is 10.5. The summed E-state index contributed by atoms with van der Waals surface area (Å²) >= 11 is 6.03. The maximum atomic E-state index is 6.03. The fourth-order valence-corrected chi connectivity index (χ4v) is 1.91. The molecule has 4 heteroatoms. The molecule has 1 aromatic rings. The SMILES string of the molecule is COC(c1ncc(C(C)Cl)c(C)n1)C(C)C. The highest BCUT2D eigenvalue weighted by atomic mass is 35.5. The van der Waals surface area contributed by atoms with Crippen LogP contribution in [-0.2, 0) is 4.74 Å². The van der Waals surface area contributed by atoms with Crippen molar-refractivity contribution in [2.24, 2.45) is 5.92 Å². The normalized spacial score (nSPS) is 15.2. The summed E-state index contributed by atoms with van der Waals surface area (Å²) in [5.41, 5.74) is 1.90. The summed E-state index contributed by atoms with van der Waals surface area (Å²) in [7, 11) is 1.68. The monoisotopic (exact) mass is 242 g/mol. The topological polar surface area (TPSA) is 35.0 Å². The van der Waals surface area contributed by atoms with Crippen molar-refractivity contribution < 1.29 is 4.74 Å². The van der Waals surface area contributed by atoms with Crippen LogP contribution in [0.15, 0.2) is 6.20 Å². The Hall–Kier alpha value is -0.670. The molecule has 0 spiro atoms. The van der Waals surface area contributed by atoms with Gasteiger partial charge in [-0.3, -0.25) is 0 Å². The van der Waals surface area contributed by atoms with Crippen molar-refractivity contribution >= 4 is 11.6 Å². The van der Waals surface area contributed by atoms with E-state index in [9.17, 15) is 0 Å². The second-order valence-electron chi connectivity index (χ2n) is 4.29. The van der Waals surface area contributed by atoms with E-state index in [0.29, 0.717) is 5.92 Å². The molecule has 0 bridgehead atoms. The number of hydrogen-bond acceptors (Lipinski definition) is 3. The van der Waals surface area contributed by atoms with Gasteiger partial charge in [0.15, 0.2) is 5.82 Å². The standard InChI is InChI=1S/C12H19ClN2O/c1-7(2)11(16-5)12-14-6-10(8(3)13)9(4)15-12/h6-8,11H,1-5H3. The third-order valence-corrected chi connectivity index (χ3v) is 2.81. The number of nitrogens with zero attached hydrogens (tertiary/aromatic N) is 2. The van der Waals surface area contributed by atoms with Gasteiger partial charge >= 0.3 is 0 Å². The molecule has 0 aromatic carbocycles. The quantitative estimate of drug-likeness (QED) is 0.759. The van der Waals surface area contributed by atoms with Gasteiger partial charge in [-0.25, -0.2) is 9.97 Å². The van der Waals surface area contributed by atoms with Gasteiger partial charge in [-0.1, -0.05) is 13.8 Å². The zero-order chi connectivity index (χ0) is 12.3. The number of methoxy groups -OCH3 is 1. The lowest BCUT2D eigenvalue weighted by Crippen LogP contribution is -2.14. The molecule has 0 aliphatic rings. The van der Waals surface area contributed by atoms with Gasteiger partial charge in [-0.05, 0) is 19.8 Å². The van der Waals surface area contributed by atoms with Crippen LogP contribution in [0, 0.1) is 12.8 Å². The van der Waals surface area contributed by atoms with Gasteiger partial charge in [0.1, 0.15) is 6.10 Å². The number of alkyl halides is 1. The van der Waals surface area contributed by atoms with Crippen molar-refractivity contribution in [3.63, 3.8) is 0 Å². The van der Waals surface area contributed by atoms with Gasteiger partial charge in [0.05, 0.1) is 5.38 Å². The fourth-order valence-electron chi connectivity index (χ4n) is 1.70. The van der Waals surface area contributed by atoms with Gasteiger partial charge in [0.2, 0.25) is 0 Å². The highest BCUT2D eigenvalue weighted by molar-refractivity contribution is 6.20. The summed E-state index contributed by atoms with van der Waals surface area (Å²) in [6.07, 6.45) is 1.74. The predicted octanol–water partition coefficient (Wildman–Crippen LogP) is 3.43. The first-order chi connectivity index (χ1) is 7.47. The van der Waals surface area contributed by atoms with E-state index in [-0.39, 0.29) is 11.5 Å². The van der Waals surface area contributed by atoms with Crippen LogP contribution in [0.4, 0.5) is 0 Å². The van der Waals surface area contributed by atoms with E-state index in [2.05, 4.69) is 23.8 Å². The Bertz CT molecular complexity index is 353. The summed E-state index contributed by atoms with van der Waals surface area (Å²) in [6.45, 7) is 8.05. The lowest BCUT2D eigenvalue weighted by Gasteiger charge is -2.18. The molecule has 0 aliphatic carbocycles. The van der Waals surface area contributed by atoms with E-state index < -0.39 is 0 Å². The number of aryl methyl sites for hydroxylation is 1. The highest BCUT2D eigenvalue weighted by Gasteiger charge is 2.19. The van der Waals surface area contributed by atoms with E-state index in [1.165, 1.54) is 0 Å².